The molecule has 0 unspecified atom stereocenters. The number of piperidine rings is 1. The molecule has 3 aromatic rings. The Hall–Kier alpha value is -2.38. The molecule has 1 N–H and O–H groups in total. The van der Waals surface area contributed by atoms with Gasteiger partial charge in [0.1, 0.15) is 11.4 Å². The minimum absolute atomic E-state index is 0.634. The van der Waals surface area contributed by atoms with Crippen LogP contribution in [0.2, 0.25) is 0 Å². The standard InChI is InChI=1S/C19H20N6S/c1-2-7-25(8-3-1)12-16-18-17(26-24-16)9-13(10-21-18)23-19-14-5-4-6-20-15(14)11-22-19/h4-6,9-10H,1-3,7-8,11-12H2,(H,22,23). The second kappa shape index (κ2) is 6.74. The number of nitrogens with zero attached hydrogens (tertiary/aromatic N) is 5. The van der Waals surface area contributed by atoms with E-state index in [-0.39, 0.29) is 0 Å². The Balaban J connectivity index is 1.36. The Kier molecular flexibility index (Phi) is 4.10. The third kappa shape index (κ3) is 2.97. The minimum Gasteiger partial charge on any atom is -0.339 e. The normalized spacial score (nSPS) is 17.3. The molecule has 0 saturated carbocycles. The molecule has 3 aromatic heterocycles. The zero-order valence-electron chi connectivity index (χ0n) is 14.5. The summed E-state index contributed by atoms with van der Waals surface area (Å²) >= 11 is 1.53. The number of rotatable bonds is 3. The number of nitrogens with one attached hydrogen (secondary N) is 1. The predicted molar refractivity (Wildman–Crippen MR) is 105 cm³/mol. The van der Waals surface area contributed by atoms with E-state index in [0.717, 1.165) is 45.2 Å². The van der Waals surface area contributed by atoms with E-state index in [1.165, 1.54) is 43.9 Å². The third-order valence-electron chi connectivity index (χ3n) is 5.00. The van der Waals surface area contributed by atoms with E-state index in [9.17, 15) is 0 Å². The van der Waals surface area contributed by atoms with Gasteiger partial charge in [-0.15, -0.1) is 0 Å². The first-order chi connectivity index (χ1) is 12.9. The highest BCUT2D eigenvalue weighted by Gasteiger charge is 2.18. The van der Waals surface area contributed by atoms with Gasteiger partial charge < -0.3 is 5.32 Å². The summed E-state index contributed by atoms with van der Waals surface area (Å²) in [6.45, 7) is 3.89. The monoisotopic (exact) mass is 364 g/mol. The van der Waals surface area contributed by atoms with E-state index in [2.05, 4.69) is 36.7 Å². The molecule has 5 rings (SSSR count). The van der Waals surface area contributed by atoms with E-state index in [0.29, 0.717) is 6.54 Å². The largest absolute Gasteiger partial charge is 0.339 e. The molecule has 1 saturated heterocycles. The quantitative estimate of drug-likeness (QED) is 0.771. The Morgan fingerprint density at radius 3 is 3.00 bits per heavy atom. The number of anilines is 1. The highest BCUT2D eigenvalue weighted by atomic mass is 32.1. The van der Waals surface area contributed by atoms with Crippen LogP contribution in [0.25, 0.3) is 10.2 Å². The van der Waals surface area contributed by atoms with Gasteiger partial charge in [-0.2, -0.15) is 4.37 Å². The van der Waals surface area contributed by atoms with Crippen LogP contribution in [0.5, 0.6) is 0 Å². The van der Waals surface area contributed by atoms with Gasteiger partial charge in [0.25, 0.3) is 0 Å². The van der Waals surface area contributed by atoms with Crippen LogP contribution in [0.4, 0.5) is 5.69 Å². The minimum atomic E-state index is 0.634. The van der Waals surface area contributed by atoms with Crippen LogP contribution in [0.1, 0.15) is 36.2 Å². The van der Waals surface area contributed by atoms with Crippen LogP contribution >= 0.6 is 11.5 Å². The molecule has 132 valence electrons. The van der Waals surface area contributed by atoms with E-state index >= 15 is 0 Å². The maximum Gasteiger partial charge on any atom is 0.135 e. The second-order valence-electron chi connectivity index (χ2n) is 6.82. The molecule has 26 heavy (non-hydrogen) atoms. The SMILES string of the molecule is c1cnc2c(c1)C(Nc1cnc3c(CN4CCCCC4)nsc3c1)=NC2. The zero-order valence-corrected chi connectivity index (χ0v) is 15.3. The Morgan fingerprint density at radius 1 is 1.15 bits per heavy atom. The van der Waals surface area contributed by atoms with Crippen molar-refractivity contribution in [1.29, 1.82) is 0 Å². The van der Waals surface area contributed by atoms with Crippen LogP contribution in [-0.2, 0) is 13.1 Å². The van der Waals surface area contributed by atoms with Crippen molar-refractivity contribution in [3.8, 4) is 0 Å². The number of aromatic nitrogens is 3. The smallest absolute Gasteiger partial charge is 0.135 e. The fourth-order valence-electron chi connectivity index (χ4n) is 3.64. The molecule has 0 spiro atoms. The highest BCUT2D eigenvalue weighted by molar-refractivity contribution is 7.13. The molecule has 0 amide bonds. The Labute approximate surface area is 156 Å². The number of hydrogen-bond acceptors (Lipinski definition) is 7. The summed E-state index contributed by atoms with van der Waals surface area (Å²) in [5.41, 5.74) is 5.17. The van der Waals surface area contributed by atoms with Crippen molar-refractivity contribution in [2.24, 2.45) is 4.99 Å². The molecule has 5 heterocycles. The van der Waals surface area contributed by atoms with Gasteiger partial charge in [0.05, 0.1) is 34.5 Å². The molecule has 0 atom stereocenters. The average molecular weight is 364 g/mol. The molecular weight excluding hydrogens is 344 g/mol. The van der Waals surface area contributed by atoms with E-state index in [1.54, 1.807) is 0 Å². The van der Waals surface area contributed by atoms with Gasteiger partial charge in [-0.25, -0.2) is 0 Å². The third-order valence-corrected chi connectivity index (χ3v) is 5.82. The fourth-order valence-corrected chi connectivity index (χ4v) is 4.43. The van der Waals surface area contributed by atoms with Crippen molar-refractivity contribution in [2.45, 2.75) is 32.4 Å². The van der Waals surface area contributed by atoms with E-state index < -0.39 is 0 Å². The van der Waals surface area contributed by atoms with Gasteiger partial charge >= 0.3 is 0 Å². The average Bonchev–Trinajstić information content (AvgIpc) is 3.27. The predicted octanol–water partition coefficient (Wildman–Crippen LogP) is 3.44. The lowest BCUT2D eigenvalue weighted by atomic mass is 10.1. The van der Waals surface area contributed by atoms with Crippen molar-refractivity contribution < 1.29 is 0 Å². The first-order valence-electron chi connectivity index (χ1n) is 9.09. The second-order valence-corrected chi connectivity index (χ2v) is 7.63. The van der Waals surface area contributed by atoms with Crippen LogP contribution in [-0.4, -0.2) is 38.2 Å². The van der Waals surface area contributed by atoms with Crippen LogP contribution in [0, 0.1) is 0 Å². The number of pyridine rings is 2. The van der Waals surface area contributed by atoms with Crippen LogP contribution < -0.4 is 5.32 Å². The van der Waals surface area contributed by atoms with Crippen molar-refractivity contribution in [2.75, 3.05) is 18.4 Å². The van der Waals surface area contributed by atoms with Gasteiger partial charge in [0.15, 0.2) is 0 Å². The topological polar surface area (TPSA) is 66.3 Å². The lowest BCUT2D eigenvalue weighted by Gasteiger charge is -2.25. The number of fused-ring (bicyclic) bond motifs is 2. The molecule has 0 aliphatic carbocycles. The maximum atomic E-state index is 4.69. The highest BCUT2D eigenvalue weighted by Crippen LogP contribution is 2.26. The molecule has 2 aliphatic rings. The maximum absolute atomic E-state index is 4.69. The van der Waals surface area contributed by atoms with Crippen molar-refractivity contribution in [3.63, 3.8) is 0 Å². The summed E-state index contributed by atoms with van der Waals surface area (Å²) in [7, 11) is 0. The zero-order chi connectivity index (χ0) is 17.3. The van der Waals surface area contributed by atoms with Crippen molar-refractivity contribution in [3.05, 3.63) is 47.5 Å². The Morgan fingerprint density at radius 2 is 2.08 bits per heavy atom. The van der Waals surface area contributed by atoms with Gasteiger partial charge in [0.2, 0.25) is 0 Å². The molecule has 0 bridgehead atoms. The first-order valence-corrected chi connectivity index (χ1v) is 9.86. The molecule has 6 nitrogen and oxygen atoms in total. The molecule has 0 aromatic carbocycles. The summed E-state index contributed by atoms with van der Waals surface area (Å²) in [5, 5.41) is 3.40. The molecular formula is C19H20N6S. The van der Waals surface area contributed by atoms with Crippen LogP contribution in [0.15, 0.2) is 35.6 Å². The number of aliphatic imine (C=N–C) groups is 1. The Bertz CT molecular complexity index is 973. The van der Waals surface area contributed by atoms with Gasteiger partial charge in [-0.05, 0) is 55.7 Å². The van der Waals surface area contributed by atoms with Crippen LogP contribution in [0.3, 0.4) is 0 Å². The summed E-state index contributed by atoms with van der Waals surface area (Å²) < 4.78 is 5.79. The molecule has 0 radical (unpaired) electrons. The number of likely N-dealkylation sites (tertiary alicyclic amines) is 1. The summed E-state index contributed by atoms with van der Waals surface area (Å²) in [6.07, 6.45) is 7.63. The molecule has 1 fully saturated rings. The van der Waals surface area contributed by atoms with Gasteiger partial charge in [-0.3, -0.25) is 19.9 Å². The van der Waals surface area contributed by atoms with E-state index in [1.807, 2.05) is 18.5 Å². The van der Waals surface area contributed by atoms with Crippen molar-refractivity contribution >= 4 is 33.3 Å². The van der Waals surface area contributed by atoms with Gasteiger partial charge in [-0.1, -0.05) is 6.42 Å². The lowest BCUT2D eigenvalue weighted by Crippen LogP contribution is -2.29. The summed E-state index contributed by atoms with van der Waals surface area (Å²) in [6, 6.07) is 6.12. The lowest BCUT2D eigenvalue weighted by molar-refractivity contribution is 0.220. The number of amidine groups is 1. The van der Waals surface area contributed by atoms with Gasteiger partial charge in [0, 0.05) is 18.3 Å². The summed E-state index contributed by atoms with van der Waals surface area (Å²) in [5.74, 6) is 0.868. The molecule has 7 heteroatoms. The summed E-state index contributed by atoms with van der Waals surface area (Å²) in [4.78, 5) is 16.1. The van der Waals surface area contributed by atoms with Crippen molar-refractivity contribution in [1.82, 2.24) is 19.2 Å². The first kappa shape index (κ1) is 15.8. The fraction of sp³-hybridized carbons (Fsp3) is 0.368. The number of hydrogen-bond donors (Lipinski definition) is 1. The molecule has 2 aliphatic heterocycles. The van der Waals surface area contributed by atoms with E-state index in [4.69, 9.17) is 4.98 Å².